The molecule has 0 radical (unpaired) electrons. The van der Waals surface area contributed by atoms with Crippen molar-refractivity contribution in [3.8, 4) is 5.75 Å². The van der Waals surface area contributed by atoms with E-state index in [-0.39, 0.29) is 0 Å². The zero-order chi connectivity index (χ0) is 13.0. The summed E-state index contributed by atoms with van der Waals surface area (Å²) in [6, 6.07) is 0.474. The quantitative estimate of drug-likeness (QED) is 0.899. The van der Waals surface area contributed by atoms with E-state index in [0.717, 1.165) is 42.0 Å². The normalized spacial score (nSPS) is 19.7. The number of ether oxygens (including phenoxy) is 1. The molecule has 6 heteroatoms. The van der Waals surface area contributed by atoms with Crippen LogP contribution in [-0.4, -0.2) is 47.7 Å². The molecule has 2 heterocycles. The number of nitrogens with one attached hydrogen (secondary N) is 1. The Balaban J connectivity index is 2.33. The van der Waals surface area contributed by atoms with Gasteiger partial charge in [0.25, 0.3) is 0 Å². The number of hydrogen-bond donors (Lipinski definition) is 1. The minimum Gasteiger partial charge on any atom is -0.490 e. The molecular formula is C12H20N4OS. The van der Waals surface area contributed by atoms with Gasteiger partial charge >= 0.3 is 0 Å². The highest BCUT2D eigenvalue weighted by molar-refractivity contribution is 7.99. The van der Waals surface area contributed by atoms with Gasteiger partial charge in [-0.05, 0) is 13.8 Å². The van der Waals surface area contributed by atoms with Crippen molar-refractivity contribution in [2.45, 2.75) is 19.9 Å². The van der Waals surface area contributed by atoms with Crippen molar-refractivity contribution in [1.82, 2.24) is 9.97 Å². The summed E-state index contributed by atoms with van der Waals surface area (Å²) in [6.45, 7) is 6.09. The molecular weight excluding hydrogens is 248 g/mol. The number of thioether (sulfide) groups is 1. The summed E-state index contributed by atoms with van der Waals surface area (Å²) in [5.74, 6) is 4.68. The van der Waals surface area contributed by atoms with E-state index >= 15 is 0 Å². The van der Waals surface area contributed by atoms with Gasteiger partial charge in [0.2, 0.25) is 5.75 Å². The third-order valence-electron chi connectivity index (χ3n) is 2.97. The molecule has 0 aromatic carbocycles. The molecule has 1 atom stereocenters. The monoisotopic (exact) mass is 268 g/mol. The number of nitrogens with zero attached hydrogens (tertiary/aromatic N) is 3. The largest absolute Gasteiger partial charge is 0.490 e. The Kier molecular flexibility index (Phi) is 4.52. The highest BCUT2D eigenvalue weighted by Crippen LogP contribution is 2.34. The summed E-state index contributed by atoms with van der Waals surface area (Å²) in [7, 11) is 1.67. The lowest BCUT2D eigenvalue weighted by atomic mass is 10.3. The molecule has 0 saturated carbocycles. The van der Waals surface area contributed by atoms with Gasteiger partial charge in [-0.2, -0.15) is 11.8 Å². The van der Waals surface area contributed by atoms with Crippen LogP contribution in [0.5, 0.6) is 5.75 Å². The smallest absolute Gasteiger partial charge is 0.204 e. The first kappa shape index (κ1) is 13.3. The van der Waals surface area contributed by atoms with Crippen LogP contribution in [0.1, 0.15) is 13.8 Å². The minimum atomic E-state index is 0.474. The number of rotatable bonds is 4. The Bertz CT molecular complexity index is 402. The van der Waals surface area contributed by atoms with Gasteiger partial charge in [0.05, 0.1) is 7.11 Å². The average Bonchev–Trinajstić information content (AvgIpc) is 2.39. The van der Waals surface area contributed by atoms with Crippen LogP contribution >= 0.6 is 11.8 Å². The van der Waals surface area contributed by atoms with E-state index in [4.69, 9.17) is 4.74 Å². The van der Waals surface area contributed by atoms with Crippen LogP contribution in [0.25, 0.3) is 0 Å². The van der Waals surface area contributed by atoms with Gasteiger partial charge in [-0.25, -0.2) is 9.97 Å². The van der Waals surface area contributed by atoms with Crippen LogP contribution < -0.4 is 15.0 Å². The molecule has 1 N–H and O–H groups in total. The van der Waals surface area contributed by atoms with Gasteiger partial charge in [-0.3, -0.25) is 0 Å². The zero-order valence-electron chi connectivity index (χ0n) is 11.1. The first-order valence-corrected chi connectivity index (χ1v) is 7.40. The predicted octanol–water partition coefficient (Wildman–Crippen LogP) is 1.86. The van der Waals surface area contributed by atoms with Crippen molar-refractivity contribution in [2.24, 2.45) is 0 Å². The fourth-order valence-electron chi connectivity index (χ4n) is 2.09. The molecule has 1 aliphatic rings. The maximum absolute atomic E-state index is 5.49. The first-order chi connectivity index (χ1) is 8.77. The molecule has 1 unspecified atom stereocenters. The second-order valence-corrected chi connectivity index (χ2v) is 5.38. The average molecular weight is 268 g/mol. The van der Waals surface area contributed by atoms with Gasteiger partial charge in [0, 0.05) is 30.6 Å². The van der Waals surface area contributed by atoms with E-state index in [1.54, 1.807) is 13.4 Å². The summed E-state index contributed by atoms with van der Waals surface area (Å²) in [5.41, 5.74) is 0. The molecule has 0 amide bonds. The van der Waals surface area contributed by atoms with Gasteiger partial charge in [-0.1, -0.05) is 0 Å². The number of aromatic nitrogens is 2. The SMILES string of the molecule is CCNc1ncnc(N2CCSCC2C)c1OC. The van der Waals surface area contributed by atoms with E-state index < -0.39 is 0 Å². The lowest BCUT2D eigenvalue weighted by molar-refractivity contribution is 0.411. The van der Waals surface area contributed by atoms with Crippen molar-refractivity contribution in [1.29, 1.82) is 0 Å². The molecule has 1 saturated heterocycles. The predicted molar refractivity (Wildman–Crippen MR) is 76.9 cm³/mol. The second-order valence-electron chi connectivity index (χ2n) is 4.23. The van der Waals surface area contributed by atoms with Crippen LogP contribution in [0.4, 0.5) is 11.6 Å². The van der Waals surface area contributed by atoms with E-state index in [1.807, 2.05) is 18.7 Å². The standard InChI is InChI=1S/C12H20N4OS/c1-4-13-11-10(17-3)12(15-8-14-11)16-5-6-18-7-9(16)2/h8-9H,4-7H2,1-3H3,(H,13,14,15). The van der Waals surface area contributed by atoms with Gasteiger partial charge in [0.15, 0.2) is 11.6 Å². The molecule has 18 heavy (non-hydrogen) atoms. The zero-order valence-corrected chi connectivity index (χ0v) is 12.0. The summed E-state index contributed by atoms with van der Waals surface area (Å²) in [6.07, 6.45) is 1.60. The molecule has 5 nitrogen and oxygen atoms in total. The van der Waals surface area contributed by atoms with Crippen molar-refractivity contribution >= 4 is 23.4 Å². The molecule has 0 bridgehead atoms. The Labute approximate surface area is 112 Å². The maximum atomic E-state index is 5.49. The molecule has 0 spiro atoms. The van der Waals surface area contributed by atoms with E-state index in [1.165, 1.54) is 0 Å². The first-order valence-electron chi connectivity index (χ1n) is 6.25. The Morgan fingerprint density at radius 3 is 3.06 bits per heavy atom. The van der Waals surface area contributed by atoms with Crippen molar-refractivity contribution in [2.75, 3.05) is 41.9 Å². The maximum Gasteiger partial charge on any atom is 0.204 e. The van der Waals surface area contributed by atoms with Crippen molar-refractivity contribution in [3.05, 3.63) is 6.33 Å². The van der Waals surface area contributed by atoms with Crippen LogP contribution in [0, 0.1) is 0 Å². The number of anilines is 2. The summed E-state index contributed by atoms with van der Waals surface area (Å²) >= 11 is 1.99. The van der Waals surface area contributed by atoms with E-state index in [0.29, 0.717) is 6.04 Å². The van der Waals surface area contributed by atoms with Gasteiger partial charge in [-0.15, -0.1) is 0 Å². The van der Waals surface area contributed by atoms with Gasteiger partial charge in [0.1, 0.15) is 6.33 Å². The lowest BCUT2D eigenvalue weighted by Crippen LogP contribution is -2.41. The van der Waals surface area contributed by atoms with E-state index in [9.17, 15) is 0 Å². The second kappa shape index (κ2) is 6.13. The molecule has 1 fully saturated rings. The van der Waals surface area contributed by atoms with Gasteiger partial charge < -0.3 is 15.0 Å². The fraction of sp³-hybridized carbons (Fsp3) is 0.667. The number of hydrogen-bond acceptors (Lipinski definition) is 6. The van der Waals surface area contributed by atoms with Crippen LogP contribution in [0.2, 0.25) is 0 Å². The third kappa shape index (κ3) is 2.63. The van der Waals surface area contributed by atoms with Crippen molar-refractivity contribution < 1.29 is 4.74 Å². The summed E-state index contributed by atoms with van der Waals surface area (Å²) in [5, 5.41) is 3.21. The molecule has 1 aromatic heterocycles. The summed E-state index contributed by atoms with van der Waals surface area (Å²) in [4.78, 5) is 11.0. The number of methoxy groups -OCH3 is 1. The Hall–Kier alpha value is -1.17. The van der Waals surface area contributed by atoms with Crippen LogP contribution in [-0.2, 0) is 0 Å². The topological polar surface area (TPSA) is 50.3 Å². The molecule has 1 aromatic rings. The fourth-order valence-corrected chi connectivity index (χ4v) is 3.11. The van der Waals surface area contributed by atoms with Crippen LogP contribution in [0.15, 0.2) is 6.33 Å². The molecule has 100 valence electrons. The van der Waals surface area contributed by atoms with Crippen molar-refractivity contribution in [3.63, 3.8) is 0 Å². The summed E-state index contributed by atoms with van der Waals surface area (Å²) < 4.78 is 5.49. The minimum absolute atomic E-state index is 0.474. The highest BCUT2D eigenvalue weighted by atomic mass is 32.2. The van der Waals surface area contributed by atoms with E-state index in [2.05, 4.69) is 27.1 Å². The Morgan fingerprint density at radius 1 is 1.56 bits per heavy atom. The molecule has 2 rings (SSSR count). The van der Waals surface area contributed by atoms with Crippen LogP contribution in [0.3, 0.4) is 0 Å². The highest BCUT2D eigenvalue weighted by Gasteiger charge is 2.24. The third-order valence-corrected chi connectivity index (χ3v) is 4.16. The lowest BCUT2D eigenvalue weighted by Gasteiger charge is -2.34. The molecule has 0 aliphatic carbocycles. The Morgan fingerprint density at radius 2 is 2.39 bits per heavy atom. The molecule has 1 aliphatic heterocycles.